The molecular weight excluding hydrogens is 320 g/mol. The Bertz CT molecular complexity index is 811. The molecule has 22 heavy (non-hydrogen) atoms. The number of aryl methyl sites for hydroxylation is 1. The largest absolute Gasteiger partial charge is 0.304 e. The van der Waals surface area contributed by atoms with E-state index in [-0.39, 0.29) is 5.91 Å². The van der Waals surface area contributed by atoms with Crippen LogP contribution in [0.4, 0.5) is 5.82 Å². The lowest BCUT2D eigenvalue weighted by Crippen LogP contribution is -2.13. The maximum absolute atomic E-state index is 12.0. The normalized spacial score (nSPS) is 10.6. The van der Waals surface area contributed by atoms with Gasteiger partial charge in [0, 0.05) is 22.7 Å². The molecule has 0 saturated heterocycles. The van der Waals surface area contributed by atoms with Gasteiger partial charge in [-0.1, -0.05) is 29.8 Å². The summed E-state index contributed by atoms with van der Waals surface area (Å²) in [5, 5.41) is 10.3. The molecule has 0 fully saturated rings. The SMILES string of the molecule is Cc1nc(C(=O)Nc2ccn(Cc3ccccc3Cl)n2)cs1. The zero-order chi connectivity index (χ0) is 15.5. The predicted octanol–water partition coefficient (Wildman–Crippen LogP) is 3.60. The second kappa shape index (κ2) is 6.29. The van der Waals surface area contributed by atoms with Crippen LogP contribution in [0.25, 0.3) is 0 Å². The molecule has 0 saturated carbocycles. The third-order valence-electron chi connectivity index (χ3n) is 3.02. The molecule has 1 aromatic carbocycles. The van der Waals surface area contributed by atoms with Crippen LogP contribution in [0.1, 0.15) is 21.1 Å². The molecule has 0 aliphatic heterocycles. The molecule has 5 nitrogen and oxygen atoms in total. The van der Waals surface area contributed by atoms with Crippen LogP contribution in [-0.2, 0) is 6.54 Å². The van der Waals surface area contributed by atoms with Crippen LogP contribution in [0.2, 0.25) is 5.02 Å². The van der Waals surface area contributed by atoms with E-state index in [9.17, 15) is 4.79 Å². The summed E-state index contributed by atoms with van der Waals surface area (Å²) in [6.45, 7) is 2.41. The molecule has 0 atom stereocenters. The number of rotatable bonds is 4. The van der Waals surface area contributed by atoms with Gasteiger partial charge in [0.1, 0.15) is 5.69 Å². The highest BCUT2D eigenvalue weighted by Crippen LogP contribution is 2.17. The van der Waals surface area contributed by atoms with Gasteiger partial charge in [-0.05, 0) is 18.6 Å². The molecule has 1 N–H and O–H groups in total. The predicted molar refractivity (Wildman–Crippen MR) is 87.6 cm³/mol. The fraction of sp³-hybridized carbons (Fsp3) is 0.133. The molecule has 7 heteroatoms. The summed E-state index contributed by atoms with van der Waals surface area (Å²) < 4.78 is 1.73. The summed E-state index contributed by atoms with van der Waals surface area (Å²) >= 11 is 7.57. The summed E-state index contributed by atoms with van der Waals surface area (Å²) in [5.41, 5.74) is 1.38. The lowest BCUT2D eigenvalue weighted by atomic mass is 10.2. The highest BCUT2D eigenvalue weighted by atomic mass is 35.5. The monoisotopic (exact) mass is 332 g/mol. The molecule has 112 valence electrons. The van der Waals surface area contributed by atoms with Gasteiger partial charge < -0.3 is 5.32 Å². The summed E-state index contributed by atoms with van der Waals surface area (Å²) in [7, 11) is 0. The quantitative estimate of drug-likeness (QED) is 0.794. The van der Waals surface area contributed by atoms with Crippen LogP contribution < -0.4 is 5.32 Å². The number of nitrogens with one attached hydrogen (secondary N) is 1. The molecule has 0 spiro atoms. The Labute approximate surface area is 136 Å². The van der Waals surface area contributed by atoms with Crippen molar-refractivity contribution >= 4 is 34.7 Å². The van der Waals surface area contributed by atoms with Crippen molar-refractivity contribution in [2.24, 2.45) is 0 Å². The van der Waals surface area contributed by atoms with Gasteiger partial charge in [0.2, 0.25) is 0 Å². The second-order valence-corrected chi connectivity index (χ2v) is 6.17. The van der Waals surface area contributed by atoms with Crippen molar-refractivity contribution in [3.63, 3.8) is 0 Å². The average Bonchev–Trinajstić information content (AvgIpc) is 3.11. The van der Waals surface area contributed by atoms with E-state index in [1.54, 1.807) is 22.3 Å². The lowest BCUT2D eigenvalue weighted by molar-refractivity contribution is 0.102. The van der Waals surface area contributed by atoms with Crippen molar-refractivity contribution < 1.29 is 4.79 Å². The Hall–Kier alpha value is -2.18. The van der Waals surface area contributed by atoms with Crippen LogP contribution in [0.5, 0.6) is 0 Å². The number of carbonyl (C=O) groups excluding carboxylic acids is 1. The van der Waals surface area contributed by atoms with Gasteiger partial charge in [-0.25, -0.2) is 4.98 Å². The van der Waals surface area contributed by atoms with Gasteiger partial charge in [0.15, 0.2) is 5.82 Å². The van der Waals surface area contributed by atoms with E-state index in [1.165, 1.54) is 11.3 Å². The number of anilines is 1. The Morgan fingerprint density at radius 3 is 2.91 bits per heavy atom. The standard InChI is InChI=1S/C15H13ClN4OS/c1-10-17-13(9-22-10)15(21)18-14-6-7-20(19-14)8-11-4-2-3-5-12(11)16/h2-7,9H,8H2,1H3,(H,18,19,21). The Balaban J connectivity index is 1.69. The van der Waals surface area contributed by atoms with Crippen molar-refractivity contribution in [2.45, 2.75) is 13.5 Å². The molecule has 2 heterocycles. The first-order chi connectivity index (χ1) is 10.6. The van der Waals surface area contributed by atoms with Crippen molar-refractivity contribution in [1.82, 2.24) is 14.8 Å². The van der Waals surface area contributed by atoms with E-state index in [0.717, 1.165) is 10.6 Å². The third-order valence-corrected chi connectivity index (χ3v) is 4.17. The molecule has 0 bridgehead atoms. The van der Waals surface area contributed by atoms with Crippen molar-refractivity contribution in [2.75, 3.05) is 5.32 Å². The molecular formula is C15H13ClN4OS. The molecule has 3 rings (SSSR count). The Morgan fingerprint density at radius 2 is 2.18 bits per heavy atom. The van der Waals surface area contributed by atoms with E-state index >= 15 is 0 Å². The number of thiazole rings is 1. The average molecular weight is 333 g/mol. The fourth-order valence-corrected chi connectivity index (χ4v) is 2.75. The van der Waals surface area contributed by atoms with Crippen molar-refractivity contribution in [3.05, 3.63) is 63.2 Å². The topological polar surface area (TPSA) is 59.8 Å². The number of benzene rings is 1. The molecule has 2 aromatic heterocycles. The summed E-state index contributed by atoms with van der Waals surface area (Å²) in [6.07, 6.45) is 1.80. The maximum Gasteiger partial charge on any atom is 0.276 e. The van der Waals surface area contributed by atoms with Crippen LogP contribution in [0, 0.1) is 6.92 Å². The zero-order valence-electron chi connectivity index (χ0n) is 11.8. The Kier molecular flexibility index (Phi) is 4.22. The zero-order valence-corrected chi connectivity index (χ0v) is 13.4. The van der Waals surface area contributed by atoms with E-state index in [4.69, 9.17) is 11.6 Å². The summed E-state index contributed by atoms with van der Waals surface area (Å²) in [4.78, 5) is 16.2. The summed E-state index contributed by atoms with van der Waals surface area (Å²) in [6, 6.07) is 9.34. The smallest absolute Gasteiger partial charge is 0.276 e. The van der Waals surface area contributed by atoms with Gasteiger partial charge >= 0.3 is 0 Å². The Morgan fingerprint density at radius 1 is 1.36 bits per heavy atom. The number of aromatic nitrogens is 3. The number of carbonyl (C=O) groups is 1. The first-order valence-electron chi connectivity index (χ1n) is 6.62. The molecule has 3 aromatic rings. The van der Waals surface area contributed by atoms with E-state index in [0.29, 0.717) is 23.1 Å². The highest BCUT2D eigenvalue weighted by molar-refractivity contribution is 7.09. The first kappa shape index (κ1) is 14.7. The van der Waals surface area contributed by atoms with Gasteiger partial charge in [-0.2, -0.15) is 5.10 Å². The fourth-order valence-electron chi connectivity index (χ4n) is 1.97. The van der Waals surface area contributed by atoms with Crippen LogP contribution in [-0.4, -0.2) is 20.7 Å². The molecule has 0 unspecified atom stereocenters. The third kappa shape index (κ3) is 3.35. The van der Waals surface area contributed by atoms with E-state index < -0.39 is 0 Å². The van der Waals surface area contributed by atoms with Crippen molar-refractivity contribution in [1.29, 1.82) is 0 Å². The number of hydrogen-bond acceptors (Lipinski definition) is 4. The summed E-state index contributed by atoms with van der Waals surface area (Å²) in [5.74, 6) is 0.232. The van der Waals surface area contributed by atoms with Crippen LogP contribution >= 0.6 is 22.9 Å². The molecule has 0 aliphatic carbocycles. The van der Waals surface area contributed by atoms with Gasteiger partial charge in [0.25, 0.3) is 5.91 Å². The molecule has 0 aliphatic rings. The minimum atomic E-state index is -0.257. The minimum absolute atomic E-state index is 0.257. The van der Waals surface area contributed by atoms with E-state index in [2.05, 4.69) is 15.4 Å². The maximum atomic E-state index is 12.0. The van der Waals surface area contributed by atoms with Crippen molar-refractivity contribution in [3.8, 4) is 0 Å². The number of nitrogens with zero attached hydrogens (tertiary/aromatic N) is 3. The van der Waals surface area contributed by atoms with Crippen LogP contribution in [0.15, 0.2) is 41.9 Å². The molecule has 0 radical (unpaired) electrons. The lowest BCUT2D eigenvalue weighted by Gasteiger charge is -2.04. The second-order valence-electron chi connectivity index (χ2n) is 4.70. The van der Waals surface area contributed by atoms with Crippen LogP contribution in [0.3, 0.4) is 0 Å². The van der Waals surface area contributed by atoms with E-state index in [1.807, 2.05) is 31.2 Å². The van der Waals surface area contributed by atoms with Gasteiger partial charge in [0.05, 0.1) is 11.6 Å². The number of amides is 1. The van der Waals surface area contributed by atoms with Gasteiger partial charge in [-0.15, -0.1) is 11.3 Å². The number of halogens is 1. The van der Waals surface area contributed by atoms with Gasteiger partial charge in [-0.3, -0.25) is 9.48 Å². The first-order valence-corrected chi connectivity index (χ1v) is 7.88. The molecule has 1 amide bonds. The number of hydrogen-bond donors (Lipinski definition) is 1. The minimum Gasteiger partial charge on any atom is -0.304 e. The highest BCUT2D eigenvalue weighted by Gasteiger charge is 2.11.